The average molecular weight is 216 g/mol. The molecule has 4 heteroatoms. The fourth-order valence-corrected chi connectivity index (χ4v) is 0.955. The van der Waals surface area contributed by atoms with Crippen molar-refractivity contribution < 1.29 is 9.63 Å². The quantitative estimate of drug-likeness (QED) is 0.452. The molecular formula is C12H12N2O2. The number of hydrogen-bond acceptors (Lipinski definition) is 3. The van der Waals surface area contributed by atoms with Crippen molar-refractivity contribution in [2.24, 2.45) is 5.16 Å². The van der Waals surface area contributed by atoms with Crippen LogP contribution in [0.4, 0.5) is 0 Å². The number of terminal acetylenes is 1. The van der Waals surface area contributed by atoms with Crippen LogP contribution >= 0.6 is 0 Å². The molecule has 16 heavy (non-hydrogen) atoms. The highest BCUT2D eigenvalue weighted by Gasteiger charge is 1.93. The van der Waals surface area contributed by atoms with Crippen molar-refractivity contribution in [1.82, 2.24) is 5.32 Å². The van der Waals surface area contributed by atoms with Gasteiger partial charge in [-0.25, -0.2) is 0 Å². The Hall–Kier alpha value is -2.28. The Kier molecular flexibility index (Phi) is 5.21. The molecule has 82 valence electrons. The zero-order chi connectivity index (χ0) is 11.6. The first-order chi connectivity index (χ1) is 7.83. The van der Waals surface area contributed by atoms with Crippen LogP contribution in [0.5, 0.6) is 0 Å². The van der Waals surface area contributed by atoms with Gasteiger partial charge in [0.25, 0.3) is 5.91 Å². The fraction of sp³-hybridized carbons (Fsp3) is 0.167. The molecule has 0 bridgehead atoms. The smallest absolute Gasteiger partial charge is 0.266 e. The van der Waals surface area contributed by atoms with Gasteiger partial charge in [0.2, 0.25) is 0 Å². The van der Waals surface area contributed by atoms with E-state index in [4.69, 9.17) is 11.3 Å². The summed E-state index contributed by atoms with van der Waals surface area (Å²) in [7, 11) is 0. The summed E-state index contributed by atoms with van der Waals surface area (Å²) in [4.78, 5) is 15.9. The third-order valence-corrected chi connectivity index (χ3v) is 1.68. The zero-order valence-electron chi connectivity index (χ0n) is 8.72. The predicted octanol–water partition coefficient (Wildman–Crippen LogP) is 0.938. The van der Waals surface area contributed by atoms with Crippen LogP contribution in [-0.4, -0.2) is 18.7 Å². The summed E-state index contributed by atoms with van der Waals surface area (Å²) >= 11 is 0. The van der Waals surface area contributed by atoms with Gasteiger partial charge in [-0.15, -0.1) is 6.42 Å². The summed E-state index contributed by atoms with van der Waals surface area (Å²) in [5.74, 6) is 1.91. The first kappa shape index (κ1) is 11.8. The number of amides is 1. The molecule has 1 rings (SSSR count). The molecular weight excluding hydrogens is 204 g/mol. The first-order valence-electron chi connectivity index (χ1n) is 4.73. The Morgan fingerprint density at radius 1 is 1.50 bits per heavy atom. The minimum Gasteiger partial charge on any atom is -0.391 e. The second-order valence-electron chi connectivity index (χ2n) is 2.92. The lowest BCUT2D eigenvalue weighted by Crippen LogP contribution is -2.24. The zero-order valence-corrected chi connectivity index (χ0v) is 8.72. The van der Waals surface area contributed by atoms with Crippen molar-refractivity contribution in [3.05, 3.63) is 35.9 Å². The molecule has 0 aliphatic heterocycles. The molecule has 0 unspecified atom stereocenters. The summed E-state index contributed by atoms with van der Waals surface area (Å²) in [6.07, 6.45) is 6.02. The number of nitrogens with zero attached hydrogens (tertiary/aromatic N) is 1. The third-order valence-electron chi connectivity index (χ3n) is 1.68. The second-order valence-corrected chi connectivity index (χ2v) is 2.92. The predicted molar refractivity (Wildman–Crippen MR) is 61.6 cm³/mol. The van der Waals surface area contributed by atoms with Crippen LogP contribution < -0.4 is 5.32 Å². The number of rotatable bonds is 5. The minimum atomic E-state index is -0.369. The van der Waals surface area contributed by atoms with E-state index in [9.17, 15) is 4.79 Å². The van der Waals surface area contributed by atoms with Gasteiger partial charge in [-0.05, 0) is 5.56 Å². The Morgan fingerprint density at radius 3 is 2.94 bits per heavy atom. The molecule has 0 atom stereocenters. The SMILES string of the molecule is C#CCNC(=O)/C=N\OCc1ccccc1. The molecule has 0 heterocycles. The normalized spacial score (nSPS) is 9.69. The highest BCUT2D eigenvalue weighted by atomic mass is 16.6. The van der Waals surface area contributed by atoms with Gasteiger partial charge < -0.3 is 10.2 Å². The lowest BCUT2D eigenvalue weighted by Gasteiger charge is -1.98. The maximum absolute atomic E-state index is 11.0. The van der Waals surface area contributed by atoms with Gasteiger partial charge in [-0.2, -0.15) is 0 Å². The molecule has 0 aromatic heterocycles. The lowest BCUT2D eigenvalue weighted by atomic mass is 10.2. The Morgan fingerprint density at radius 2 is 2.25 bits per heavy atom. The Bertz CT molecular complexity index is 393. The summed E-state index contributed by atoms with van der Waals surface area (Å²) < 4.78 is 0. The number of hydrogen-bond donors (Lipinski definition) is 1. The van der Waals surface area contributed by atoms with E-state index in [2.05, 4.69) is 16.4 Å². The molecule has 1 aromatic rings. The molecule has 4 nitrogen and oxygen atoms in total. The van der Waals surface area contributed by atoms with E-state index in [0.29, 0.717) is 6.61 Å². The molecule has 0 spiro atoms. The molecule has 0 aliphatic rings. The fourth-order valence-electron chi connectivity index (χ4n) is 0.955. The number of oxime groups is 1. The van der Waals surface area contributed by atoms with Gasteiger partial charge in [0.1, 0.15) is 12.8 Å². The summed E-state index contributed by atoms with van der Waals surface area (Å²) in [5.41, 5.74) is 0.990. The largest absolute Gasteiger partial charge is 0.391 e. The molecule has 0 aliphatic carbocycles. The molecule has 1 amide bonds. The summed E-state index contributed by atoms with van der Waals surface area (Å²) in [6.45, 7) is 0.517. The van der Waals surface area contributed by atoms with Crippen molar-refractivity contribution >= 4 is 12.1 Å². The van der Waals surface area contributed by atoms with E-state index >= 15 is 0 Å². The number of nitrogens with one attached hydrogen (secondary N) is 1. The van der Waals surface area contributed by atoms with Gasteiger partial charge >= 0.3 is 0 Å². The second kappa shape index (κ2) is 7.07. The average Bonchev–Trinajstić information content (AvgIpc) is 2.33. The van der Waals surface area contributed by atoms with E-state index in [1.54, 1.807) is 0 Å². The van der Waals surface area contributed by atoms with Crippen LogP contribution in [0.25, 0.3) is 0 Å². The molecule has 0 saturated heterocycles. The van der Waals surface area contributed by atoms with Crippen molar-refractivity contribution in [1.29, 1.82) is 0 Å². The molecule has 0 fully saturated rings. The monoisotopic (exact) mass is 216 g/mol. The summed E-state index contributed by atoms with van der Waals surface area (Å²) in [5, 5.41) is 5.94. The topological polar surface area (TPSA) is 50.7 Å². The van der Waals surface area contributed by atoms with Crippen molar-refractivity contribution in [3.8, 4) is 12.3 Å². The number of carbonyl (C=O) groups is 1. The van der Waals surface area contributed by atoms with Crippen LogP contribution in [0.3, 0.4) is 0 Å². The minimum absolute atomic E-state index is 0.184. The van der Waals surface area contributed by atoms with Crippen molar-refractivity contribution in [2.75, 3.05) is 6.54 Å². The van der Waals surface area contributed by atoms with Crippen LogP contribution in [-0.2, 0) is 16.2 Å². The first-order valence-corrected chi connectivity index (χ1v) is 4.73. The van der Waals surface area contributed by atoms with E-state index < -0.39 is 0 Å². The maximum Gasteiger partial charge on any atom is 0.266 e. The van der Waals surface area contributed by atoms with Gasteiger partial charge in [0.05, 0.1) is 6.54 Å². The van der Waals surface area contributed by atoms with E-state index in [1.807, 2.05) is 30.3 Å². The maximum atomic E-state index is 11.0. The van der Waals surface area contributed by atoms with E-state index in [-0.39, 0.29) is 12.5 Å². The lowest BCUT2D eigenvalue weighted by molar-refractivity contribution is -0.114. The Labute approximate surface area is 94.3 Å². The molecule has 1 aromatic carbocycles. The van der Waals surface area contributed by atoms with Gasteiger partial charge in [-0.1, -0.05) is 41.4 Å². The van der Waals surface area contributed by atoms with Crippen LogP contribution in [0.15, 0.2) is 35.5 Å². The van der Waals surface area contributed by atoms with Crippen molar-refractivity contribution in [2.45, 2.75) is 6.61 Å². The highest BCUT2D eigenvalue weighted by Crippen LogP contribution is 1.99. The molecule has 0 radical (unpaired) electrons. The standard InChI is InChI=1S/C12H12N2O2/c1-2-8-13-12(15)9-14-16-10-11-6-4-3-5-7-11/h1,3-7,9H,8,10H2,(H,13,15)/b14-9-. The van der Waals surface area contributed by atoms with Crippen LogP contribution in [0.1, 0.15) is 5.56 Å². The molecule has 1 N–H and O–H groups in total. The van der Waals surface area contributed by atoms with Gasteiger partial charge in [0.15, 0.2) is 0 Å². The third kappa shape index (κ3) is 4.82. The van der Waals surface area contributed by atoms with E-state index in [0.717, 1.165) is 11.8 Å². The number of carbonyl (C=O) groups excluding carboxylic acids is 1. The number of benzene rings is 1. The van der Waals surface area contributed by atoms with Crippen LogP contribution in [0, 0.1) is 12.3 Å². The Balaban J connectivity index is 2.23. The van der Waals surface area contributed by atoms with E-state index in [1.165, 1.54) is 0 Å². The summed E-state index contributed by atoms with van der Waals surface area (Å²) in [6, 6.07) is 9.55. The van der Waals surface area contributed by atoms with Gasteiger partial charge in [-0.3, -0.25) is 4.79 Å². The van der Waals surface area contributed by atoms with Crippen molar-refractivity contribution in [3.63, 3.8) is 0 Å². The highest BCUT2D eigenvalue weighted by molar-refractivity contribution is 6.26. The van der Waals surface area contributed by atoms with Crippen LogP contribution in [0.2, 0.25) is 0 Å². The molecule has 0 saturated carbocycles. The van der Waals surface area contributed by atoms with Gasteiger partial charge in [0, 0.05) is 0 Å².